The van der Waals surface area contributed by atoms with Crippen LogP contribution in [0.15, 0.2) is 29.6 Å². The minimum Gasteiger partial charge on any atom is -0.389 e. The van der Waals surface area contributed by atoms with Crippen LogP contribution in [-0.2, 0) is 6.54 Å². The summed E-state index contributed by atoms with van der Waals surface area (Å²) in [6, 6.07) is 8.50. The zero-order valence-corrected chi connectivity index (χ0v) is 13.5. The number of nitrogens with zero attached hydrogens (tertiary/aromatic N) is 2. The van der Waals surface area contributed by atoms with Crippen LogP contribution in [0.1, 0.15) is 31.0 Å². The molecule has 0 aliphatic carbocycles. The lowest BCUT2D eigenvalue weighted by Gasteiger charge is -2.36. The van der Waals surface area contributed by atoms with Gasteiger partial charge in [0.2, 0.25) is 0 Å². The van der Waals surface area contributed by atoms with Crippen LogP contribution >= 0.6 is 11.3 Å². The number of likely N-dealkylation sites (tertiary alicyclic amines) is 1. The summed E-state index contributed by atoms with van der Waals surface area (Å²) in [5, 5.41) is 13.4. The second kappa shape index (κ2) is 5.87. The van der Waals surface area contributed by atoms with E-state index in [0.29, 0.717) is 0 Å². The summed E-state index contributed by atoms with van der Waals surface area (Å²) in [5.41, 5.74) is 3.01. The first kappa shape index (κ1) is 14.7. The molecule has 1 aromatic carbocycles. The summed E-state index contributed by atoms with van der Waals surface area (Å²) in [7, 11) is 0. The molecule has 1 atom stereocenters. The Labute approximate surface area is 130 Å². The average Bonchev–Trinajstić information content (AvgIpc) is 2.87. The van der Waals surface area contributed by atoms with Crippen molar-refractivity contribution in [2.24, 2.45) is 0 Å². The first-order valence-electron chi connectivity index (χ1n) is 7.48. The summed E-state index contributed by atoms with van der Waals surface area (Å²) >= 11 is 1.70. The molecular weight excluding hydrogens is 280 g/mol. The molecule has 21 heavy (non-hydrogen) atoms. The van der Waals surface area contributed by atoms with Crippen LogP contribution < -0.4 is 0 Å². The fourth-order valence-electron chi connectivity index (χ4n) is 2.90. The van der Waals surface area contributed by atoms with E-state index in [0.717, 1.165) is 43.2 Å². The van der Waals surface area contributed by atoms with Gasteiger partial charge in [0, 0.05) is 24.0 Å². The molecule has 1 N–H and O–H groups in total. The standard InChI is InChI=1S/C17H22N2OS/c1-13-4-6-14(7-5-13)16-18-15(11-21-16)10-19-9-3-8-17(2,20)12-19/h4-7,11,20H,3,8-10,12H2,1-2H3. The van der Waals surface area contributed by atoms with Gasteiger partial charge < -0.3 is 5.11 Å². The topological polar surface area (TPSA) is 36.4 Å². The lowest BCUT2D eigenvalue weighted by Crippen LogP contribution is -2.45. The van der Waals surface area contributed by atoms with Crippen molar-refractivity contribution in [1.29, 1.82) is 0 Å². The van der Waals surface area contributed by atoms with E-state index in [4.69, 9.17) is 4.98 Å². The molecule has 0 amide bonds. The normalized spacial score (nSPS) is 23.4. The summed E-state index contributed by atoms with van der Waals surface area (Å²) in [5.74, 6) is 0. The van der Waals surface area contributed by atoms with E-state index in [2.05, 4.69) is 41.5 Å². The number of thiazole rings is 1. The number of benzene rings is 1. The van der Waals surface area contributed by atoms with Crippen LogP contribution in [0.3, 0.4) is 0 Å². The highest BCUT2D eigenvalue weighted by Crippen LogP contribution is 2.26. The molecule has 3 rings (SSSR count). The largest absolute Gasteiger partial charge is 0.389 e. The van der Waals surface area contributed by atoms with Crippen molar-refractivity contribution in [3.05, 3.63) is 40.9 Å². The first-order chi connectivity index (χ1) is 10.0. The van der Waals surface area contributed by atoms with Crippen molar-refractivity contribution in [3.63, 3.8) is 0 Å². The number of aliphatic hydroxyl groups is 1. The van der Waals surface area contributed by atoms with Crippen molar-refractivity contribution in [2.45, 2.75) is 38.8 Å². The van der Waals surface area contributed by atoms with Crippen LogP contribution in [0.2, 0.25) is 0 Å². The maximum absolute atomic E-state index is 10.2. The van der Waals surface area contributed by atoms with Gasteiger partial charge in [-0.15, -0.1) is 11.3 Å². The molecule has 0 spiro atoms. The summed E-state index contributed by atoms with van der Waals surface area (Å²) in [6.07, 6.45) is 1.96. The third-order valence-corrected chi connectivity index (χ3v) is 4.93. The molecule has 0 radical (unpaired) electrons. The first-order valence-corrected chi connectivity index (χ1v) is 8.36. The maximum Gasteiger partial charge on any atom is 0.123 e. The lowest BCUT2D eigenvalue weighted by molar-refractivity contribution is -0.0184. The Morgan fingerprint density at radius 1 is 1.33 bits per heavy atom. The smallest absolute Gasteiger partial charge is 0.123 e. The zero-order chi connectivity index (χ0) is 14.9. The summed E-state index contributed by atoms with van der Waals surface area (Å²) in [6.45, 7) is 6.65. The Morgan fingerprint density at radius 3 is 2.81 bits per heavy atom. The predicted molar refractivity (Wildman–Crippen MR) is 87.4 cm³/mol. The molecule has 1 fully saturated rings. The molecular formula is C17H22N2OS. The van der Waals surface area contributed by atoms with Gasteiger partial charge in [0.1, 0.15) is 5.01 Å². The molecule has 0 bridgehead atoms. The highest BCUT2D eigenvalue weighted by atomic mass is 32.1. The third kappa shape index (κ3) is 3.70. The van der Waals surface area contributed by atoms with E-state index in [9.17, 15) is 5.11 Å². The van der Waals surface area contributed by atoms with Gasteiger partial charge in [0.25, 0.3) is 0 Å². The minimum absolute atomic E-state index is 0.548. The molecule has 112 valence electrons. The minimum atomic E-state index is -0.548. The Balaban J connectivity index is 1.69. The van der Waals surface area contributed by atoms with E-state index in [1.54, 1.807) is 11.3 Å². The van der Waals surface area contributed by atoms with Crippen LogP contribution in [0.25, 0.3) is 10.6 Å². The molecule has 1 unspecified atom stereocenters. The highest BCUT2D eigenvalue weighted by Gasteiger charge is 2.28. The van der Waals surface area contributed by atoms with Crippen LogP contribution in [0.5, 0.6) is 0 Å². The number of piperidine rings is 1. The molecule has 2 heterocycles. The quantitative estimate of drug-likeness (QED) is 0.943. The van der Waals surface area contributed by atoms with Crippen molar-refractivity contribution < 1.29 is 5.11 Å². The van der Waals surface area contributed by atoms with Gasteiger partial charge in [-0.05, 0) is 33.2 Å². The number of hydrogen-bond acceptors (Lipinski definition) is 4. The molecule has 3 nitrogen and oxygen atoms in total. The Morgan fingerprint density at radius 2 is 2.10 bits per heavy atom. The molecule has 1 aliphatic heterocycles. The molecule has 2 aromatic rings. The third-order valence-electron chi connectivity index (χ3n) is 3.99. The van der Waals surface area contributed by atoms with E-state index in [-0.39, 0.29) is 0 Å². The fourth-order valence-corrected chi connectivity index (χ4v) is 3.71. The maximum atomic E-state index is 10.2. The molecule has 1 aromatic heterocycles. The highest BCUT2D eigenvalue weighted by molar-refractivity contribution is 7.13. The Bertz CT molecular complexity index is 604. The molecule has 1 aliphatic rings. The van der Waals surface area contributed by atoms with Crippen LogP contribution in [-0.4, -0.2) is 33.7 Å². The predicted octanol–water partition coefficient (Wildman–Crippen LogP) is 3.47. The van der Waals surface area contributed by atoms with E-state index in [1.807, 2.05) is 6.92 Å². The zero-order valence-electron chi connectivity index (χ0n) is 12.7. The second-order valence-corrected chi connectivity index (χ2v) is 7.18. The van der Waals surface area contributed by atoms with Gasteiger partial charge in [-0.3, -0.25) is 4.90 Å². The number of aromatic nitrogens is 1. The number of aryl methyl sites for hydroxylation is 1. The molecule has 1 saturated heterocycles. The fraction of sp³-hybridized carbons (Fsp3) is 0.471. The van der Waals surface area contributed by atoms with Crippen LogP contribution in [0, 0.1) is 6.92 Å². The molecule has 0 saturated carbocycles. The van der Waals surface area contributed by atoms with Crippen molar-refractivity contribution in [3.8, 4) is 10.6 Å². The number of β-amino-alcohol motifs (C(OH)–C–C–N with tert-alkyl or cyclic N) is 1. The van der Waals surface area contributed by atoms with Crippen molar-refractivity contribution in [1.82, 2.24) is 9.88 Å². The van der Waals surface area contributed by atoms with Gasteiger partial charge in [0.15, 0.2) is 0 Å². The Hall–Kier alpha value is -1.23. The average molecular weight is 302 g/mol. The number of hydrogen-bond donors (Lipinski definition) is 1. The van der Waals surface area contributed by atoms with E-state index in [1.165, 1.54) is 11.1 Å². The van der Waals surface area contributed by atoms with Gasteiger partial charge in [-0.2, -0.15) is 0 Å². The van der Waals surface area contributed by atoms with E-state index >= 15 is 0 Å². The van der Waals surface area contributed by atoms with Gasteiger partial charge in [-0.1, -0.05) is 29.8 Å². The SMILES string of the molecule is Cc1ccc(-c2nc(CN3CCCC(C)(O)C3)cs2)cc1. The summed E-state index contributed by atoms with van der Waals surface area (Å²) < 4.78 is 0. The van der Waals surface area contributed by atoms with Gasteiger partial charge in [0.05, 0.1) is 11.3 Å². The van der Waals surface area contributed by atoms with Crippen molar-refractivity contribution in [2.75, 3.05) is 13.1 Å². The summed E-state index contributed by atoms with van der Waals surface area (Å²) in [4.78, 5) is 7.05. The number of rotatable bonds is 3. The lowest BCUT2D eigenvalue weighted by atomic mass is 9.95. The van der Waals surface area contributed by atoms with E-state index < -0.39 is 5.60 Å². The van der Waals surface area contributed by atoms with Gasteiger partial charge >= 0.3 is 0 Å². The van der Waals surface area contributed by atoms with Crippen molar-refractivity contribution >= 4 is 11.3 Å². The second-order valence-electron chi connectivity index (χ2n) is 6.32. The van der Waals surface area contributed by atoms with Gasteiger partial charge in [-0.25, -0.2) is 4.98 Å². The molecule has 4 heteroatoms. The van der Waals surface area contributed by atoms with Crippen LogP contribution in [0.4, 0.5) is 0 Å². The monoisotopic (exact) mass is 302 g/mol. The Kier molecular flexibility index (Phi) is 4.11.